The second-order valence-corrected chi connectivity index (χ2v) is 3.53. The molecule has 0 bridgehead atoms. The highest BCUT2D eigenvalue weighted by atomic mass is 16.7. The van der Waals surface area contributed by atoms with E-state index in [1.54, 1.807) is 6.92 Å². The van der Waals surface area contributed by atoms with Gasteiger partial charge in [0, 0.05) is 6.61 Å². The van der Waals surface area contributed by atoms with Crippen LogP contribution in [0, 0.1) is 12.3 Å². The van der Waals surface area contributed by atoms with Crippen molar-refractivity contribution in [3.05, 3.63) is 0 Å². The molecule has 0 amide bonds. The van der Waals surface area contributed by atoms with Crippen LogP contribution in [0.1, 0.15) is 26.2 Å². The van der Waals surface area contributed by atoms with Gasteiger partial charge in [0.1, 0.15) is 5.60 Å². The van der Waals surface area contributed by atoms with Gasteiger partial charge in [-0.25, -0.2) is 0 Å². The van der Waals surface area contributed by atoms with Gasteiger partial charge in [0.15, 0.2) is 6.29 Å². The SMILES string of the molecule is C#CC(C)(O)COC1CCCCO1. The monoisotopic (exact) mass is 184 g/mol. The standard InChI is InChI=1S/C10H16O3/c1-3-10(2,11)8-13-9-6-4-5-7-12-9/h1,9,11H,4-8H2,2H3. The van der Waals surface area contributed by atoms with Crippen LogP contribution in [-0.2, 0) is 9.47 Å². The van der Waals surface area contributed by atoms with E-state index in [9.17, 15) is 5.11 Å². The van der Waals surface area contributed by atoms with Crippen LogP contribution in [-0.4, -0.2) is 30.2 Å². The fourth-order valence-electron chi connectivity index (χ4n) is 1.14. The van der Waals surface area contributed by atoms with Gasteiger partial charge >= 0.3 is 0 Å². The molecule has 1 heterocycles. The van der Waals surface area contributed by atoms with E-state index in [1.165, 1.54) is 0 Å². The van der Waals surface area contributed by atoms with Crippen molar-refractivity contribution < 1.29 is 14.6 Å². The number of aliphatic hydroxyl groups is 1. The Labute approximate surface area is 79.0 Å². The van der Waals surface area contributed by atoms with Crippen molar-refractivity contribution in [2.24, 2.45) is 0 Å². The summed E-state index contributed by atoms with van der Waals surface area (Å²) in [4.78, 5) is 0. The zero-order valence-corrected chi connectivity index (χ0v) is 7.95. The summed E-state index contributed by atoms with van der Waals surface area (Å²) in [6.45, 7) is 2.42. The van der Waals surface area contributed by atoms with Crippen LogP contribution in [0.3, 0.4) is 0 Å². The molecular weight excluding hydrogens is 168 g/mol. The second kappa shape index (κ2) is 4.61. The van der Waals surface area contributed by atoms with Crippen LogP contribution in [0.4, 0.5) is 0 Å². The molecule has 13 heavy (non-hydrogen) atoms. The molecule has 0 aliphatic carbocycles. The molecule has 0 aromatic heterocycles. The first kappa shape index (κ1) is 10.5. The number of ether oxygens (including phenoxy) is 2. The quantitative estimate of drug-likeness (QED) is 0.663. The first-order chi connectivity index (χ1) is 6.14. The maximum absolute atomic E-state index is 9.44. The van der Waals surface area contributed by atoms with Crippen LogP contribution >= 0.6 is 0 Å². The average Bonchev–Trinajstić information content (AvgIpc) is 2.17. The van der Waals surface area contributed by atoms with E-state index >= 15 is 0 Å². The van der Waals surface area contributed by atoms with E-state index < -0.39 is 5.60 Å². The minimum absolute atomic E-state index is 0.133. The van der Waals surface area contributed by atoms with Crippen LogP contribution in [0.5, 0.6) is 0 Å². The van der Waals surface area contributed by atoms with Crippen molar-refractivity contribution >= 4 is 0 Å². The third kappa shape index (κ3) is 3.77. The van der Waals surface area contributed by atoms with Crippen molar-refractivity contribution in [1.82, 2.24) is 0 Å². The van der Waals surface area contributed by atoms with E-state index in [1.807, 2.05) is 0 Å². The maximum atomic E-state index is 9.44. The maximum Gasteiger partial charge on any atom is 0.157 e. The topological polar surface area (TPSA) is 38.7 Å². The van der Waals surface area contributed by atoms with E-state index in [4.69, 9.17) is 15.9 Å². The van der Waals surface area contributed by atoms with Gasteiger partial charge in [-0.2, -0.15) is 0 Å². The first-order valence-electron chi connectivity index (χ1n) is 4.57. The molecule has 1 aliphatic rings. The zero-order valence-electron chi connectivity index (χ0n) is 7.95. The van der Waals surface area contributed by atoms with Gasteiger partial charge in [-0.1, -0.05) is 5.92 Å². The lowest BCUT2D eigenvalue weighted by atomic mass is 10.1. The predicted molar refractivity (Wildman–Crippen MR) is 49.0 cm³/mol. The van der Waals surface area contributed by atoms with E-state index in [2.05, 4.69) is 5.92 Å². The minimum atomic E-state index is -1.18. The van der Waals surface area contributed by atoms with Crippen molar-refractivity contribution in [3.8, 4) is 12.3 Å². The van der Waals surface area contributed by atoms with Crippen molar-refractivity contribution in [3.63, 3.8) is 0 Å². The van der Waals surface area contributed by atoms with Gasteiger partial charge in [-0.15, -0.1) is 6.42 Å². The Kier molecular flexibility index (Phi) is 3.73. The Morgan fingerprint density at radius 1 is 1.69 bits per heavy atom. The number of hydrogen-bond acceptors (Lipinski definition) is 3. The molecule has 0 spiro atoms. The molecule has 3 heteroatoms. The first-order valence-corrected chi connectivity index (χ1v) is 4.57. The Morgan fingerprint density at radius 3 is 3.00 bits per heavy atom. The summed E-state index contributed by atoms with van der Waals surface area (Å²) in [5, 5.41) is 9.44. The lowest BCUT2D eigenvalue weighted by Gasteiger charge is -2.25. The molecule has 1 saturated heterocycles. The normalized spacial score (nSPS) is 27.6. The Bertz CT molecular complexity index is 187. The highest BCUT2D eigenvalue weighted by Gasteiger charge is 2.21. The zero-order chi connectivity index (χ0) is 9.73. The van der Waals surface area contributed by atoms with E-state index in [-0.39, 0.29) is 12.9 Å². The van der Waals surface area contributed by atoms with Crippen molar-refractivity contribution in [2.45, 2.75) is 38.1 Å². The number of terminal acetylenes is 1. The van der Waals surface area contributed by atoms with Crippen molar-refractivity contribution in [2.75, 3.05) is 13.2 Å². The molecule has 2 unspecified atom stereocenters. The molecular formula is C10H16O3. The number of rotatable bonds is 3. The summed E-state index contributed by atoms with van der Waals surface area (Å²) in [5.41, 5.74) is -1.18. The lowest BCUT2D eigenvalue weighted by molar-refractivity contribution is -0.181. The molecule has 1 fully saturated rings. The fraction of sp³-hybridized carbons (Fsp3) is 0.800. The summed E-state index contributed by atoms with van der Waals surface area (Å²) in [6, 6.07) is 0. The third-order valence-corrected chi connectivity index (χ3v) is 2.00. The Balaban J connectivity index is 2.22. The lowest BCUT2D eigenvalue weighted by Crippen LogP contribution is -2.33. The molecule has 0 radical (unpaired) electrons. The second-order valence-electron chi connectivity index (χ2n) is 3.53. The van der Waals surface area contributed by atoms with Crippen LogP contribution in [0.2, 0.25) is 0 Å². The summed E-state index contributed by atoms with van der Waals surface area (Å²) < 4.78 is 10.6. The highest BCUT2D eigenvalue weighted by molar-refractivity contribution is 5.04. The van der Waals surface area contributed by atoms with Crippen LogP contribution in [0.25, 0.3) is 0 Å². The molecule has 1 aliphatic heterocycles. The van der Waals surface area contributed by atoms with Crippen molar-refractivity contribution in [1.29, 1.82) is 0 Å². The van der Waals surface area contributed by atoms with E-state index in [0.717, 1.165) is 25.9 Å². The summed E-state index contributed by atoms with van der Waals surface area (Å²) in [5.74, 6) is 2.26. The molecule has 0 saturated carbocycles. The number of hydrogen-bond donors (Lipinski definition) is 1. The fourth-order valence-corrected chi connectivity index (χ4v) is 1.14. The van der Waals surface area contributed by atoms with Gasteiger partial charge in [0.25, 0.3) is 0 Å². The van der Waals surface area contributed by atoms with Gasteiger partial charge < -0.3 is 14.6 Å². The summed E-state index contributed by atoms with van der Waals surface area (Å²) in [6.07, 6.45) is 8.01. The Hall–Kier alpha value is -0.560. The van der Waals surface area contributed by atoms with Crippen LogP contribution < -0.4 is 0 Å². The van der Waals surface area contributed by atoms with Gasteiger partial charge in [-0.05, 0) is 26.2 Å². The van der Waals surface area contributed by atoms with Crippen LogP contribution in [0.15, 0.2) is 0 Å². The Morgan fingerprint density at radius 2 is 2.46 bits per heavy atom. The molecule has 1 N–H and O–H groups in total. The van der Waals surface area contributed by atoms with Gasteiger partial charge in [-0.3, -0.25) is 0 Å². The molecule has 1 rings (SSSR count). The molecule has 0 aromatic rings. The van der Waals surface area contributed by atoms with Gasteiger partial charge in [0.2, 0.25) is 0 Å². The molecule has 0 aromatic carbocycles. The molecule has 3 nitrogen and oxygen atoms in total. The molecule has 2 atom stereocenters. The smallest absolute Gasteiger partial charge is 0.157 e. The predicted octanol–water partition coefficient (Wildman–Crippen LogP) is 0.914. The summed E-state index contributed by atoms with van der Waals surface area (Å²) in [7, 11) is 0. The average molecular weight is 184 g/mol. The summed E-state index contributed by atoms with van der Waals surface area (Å²) >= 11 is 0. The van der Waals surface area contributed by atoms with Gasteiger partial charge in [0.05, 0.1) is 6.61 Å². The van der Waals surface area contributed by atoms with E-state index in [0.29, 0.717) is 0 Å². The highest BCUT2D eigenvalue weighted by Crippen LogP contribution is 2.15. The third-order valence-electron chi connectivity index (χ3n) is 2.00. The minimum Gasteiger partial charge on any atom is -0.375 e. The largest absolute Gasteiger partial charge is 0.375 e. The molecule has 74 valence electrons.